The number of nitrogens with one attached hydrogen (secondary N) is 1. The van der Waals surface area contributed by atoms with Gasteiger partial charge in [-0.1, -0.05) is 38.1 Å². The second-order valence-electron chi connectivity index (χ2n) is 8.01. The summed E-state index contributed by atoms with van der Waals surface area (Å²) in [5, 5.41) is 13.6. The molecule has 1 amide bonds. The van der Waals surface area contributed by atoms with Gasteiger partial charge in [0.15, 0.2) is 0 Å². The monoisotopic (exact) mass is 443 g/mol. The van der Waals surface area contributed by atoms with E-state index in [1.54, 1.807) is 0 Å². The molecule has 33 heavy (non-hydrogen) atoms. The molecule has 3 aromatic rings. The van der Waals surface area contributed by atoms with Gasteiger partial charge in [-0.3, -0.25) is 9.78 Å². The molecule has 3 N–H and O–H groups in total. The Morgan fingerprint density at radius 2 is 1.85 bits per heavy atom. The fourth-order valence-electron chi connectivity index (χ4n) is 4.20. The van der Waals surface area contributed by atoms with Crippen LogP contribution < -0.4 is 16.0 Å². The van der Waals surface area contributed by atoms with E-state index in [1.165, 1.54) is 12.8 Å². The van der Waals surface area contributed by atoms with Crippen molar-refractivity contribution in [3.05, 3.63) is 60.3 Å². The molecule has 2 saturated heterocycles. The summed E-state index contributed by atoms with van der Waals surface area (Å²) in [7, 11) is 0. The topological polar surface area (TPSA) is 95.0 Å². The molecule has 2 aromatic carbocycles. The maximum absolute atomic E-state index is 10.4. The molecule has 6 nitrogen and oxygen atoms in total. The minimum Gasteiger partial charge on any atom is -0.370 e. The predicted molar refractivity (Wildman–Crippen MR) is 135 cm³/mol. The summed E-state index contributed by atoms with van der Waals surface area (Å²) in [4.78, 5) is 17.2. The number of nitriles is 1. The molecular formula is C27H33N5O. The maximum Gasteiger partial charge on any atom is 0.234 e. The third-order valence-electron chi connectivity index (χ3n) is 5.89. The molecule has 0 bridgehead atoms. The van der Waals surface area contributed by atoms with Crippen molar-refractivity contribution in [1.82, 2.24) is 10.3 Å². The Kier molecular flexibility index (Phi) is 8.79. The predicted octanol–water partition coefficient (Wildman–Crippen LogP) is 4.62. The van der Waals surface area contributed by atoms with Crippen LogP contribution in [0.3, 0.4) is 0 Å². The number of hydrogen-bond acceptors (Lipinski definition) is 5. The van der Waals surface area contributed by atoms with Gasteiger partial charge in [0.2, 0.25) is 5.91 Å². The van der Waals surface area contributed by atoms with E-state index in [9.17, 15) is 10.1 Å². The number of carbonyl (C=O) groups is 1. The summed E-state index contributed by atoms with van der Waals surface area (Å²) in [5.74, 6) is -0.220. The van der Waals surface area contributed by atoms with Gasteiger partial charge in [0.25, 0.3) is 0 Å². The van der Waals surface area contributed by atoms with Crippen LogP contribution in [0, 0.1) is 11.3 Å². The first kappa shape index (κ1) is 24.2. The van der Waals surface area contributed by atoms with E-state index in [1.807, 2.05) is 44.3 Å². The van der Waals surface area contributed by atoms with E-state index in [0.717, 1.165) is 65.8 Å². The van der Waals surface area contributed by atoms with Crippen molar-refractivity contribution in [3.8, 4) is 17.2 Å². The molecule has 1 aromatic heterocycles. The number of nitrogens with zero attached hydrogens (tertiary/aromatic N) is 3. The summed E-state index contributed by atoms with van der Waals surface area (Å²) in [6, 6.07) is 18.7. The average molecular weight is 444 g/mol. The molecule has 6 heteroatoms. The summed E-state index contributed by atoms with van der Waals surface area (Å²) in [5.41, 5.74) is 9.89. The Morgan fingerprint density at radius 3 is 2.48 bits per heavy atom. The molecule has 0 saturated carbocycles. The number of fused-ring (bicyclic) bond motifs is 1. The molecule has 0 aliphatic carbocycles. The number of hydrogen-bond donors (Lipinski definition) is 2. The number of anilines is 1. The number of nitrogens with two attached hydrogens (primary N) is 1. The molecule has 3 heterocycles. The largest absolute Gasteiger partial charge is 0.370 e. The van der Waals surface area contributed by atoms with E-state index in [0.29, 0.717) is 0 Å². The van der Waals surface area contributed by atoms with Gasteiger partial charge < -0.3 is 16.0 Å². The van der Waals surface area contributed by atoms with Gasteiger partial charge in [0.05, 0.1) is 22.8 Å². The Balaban J connectivity index is 0.000000258. The van der Waals surface area contributed by atoms with Crippen LogP contribution >= 0.6 is 0 Å². The van der Waals surface area contributed by atoms with Crippen molar-refractivity contribution in [2.45, 2.75) is 45.6 Å². The van der Waals surface area contributed by atoms with Crippen molar-refractivity contribution in [3.63, 3.8) is 0 Å². The number of para-hydroxylation sites is 1. The molecule has 1 atom stereocenters. The molecule has 172 valence electrons. The number of benzene rings is 2. The van der Waals surface area contributed by atoms with Gasteiger partial charge in [0.1, 0.15) is 6.07 Å². The molecule has 5 rings (SSSR count). The van der Waals surface area contributed by atoms with Gasteiger partial charge in [-0.15, -0.1) is 0 Å². The smallest absolute Gasteiger partial charge is 0.234 e. The zero-order chi connectivity index (χ0) is 23.6. The van der Waals surface area contributed by atoms with Crippen LogP contribution in [0.15, 0.2) is 54.7 Å². The standard InChI is InChI=1S/C20H17N3.C5H10N2O.C2H6/c21-13-17-11-15(7-8-20(17)23-9-3-4-10-23)18-12-16-5-1-2-6-19(16)22-14-18;6-5(8)4-2-1-3-7-4;1-2/h1-2,5-8,11-12,14H,3-4,9-10H2;4,7H,1-3H2,(H2,6,8);1-2H3. The lowest BCUT2D eigenvalue weighted by Crippen LogP contribution is -2.36. The Bertz CT molecular complexity index is 1110. The lowest BCUT2D eigenvalue weighted by Gasteiger charge is -2.19. The zero-order valence-corrected chi connectivity index (χ0v) is 19.6. The third-order valence-corrected chi connectivity index (χ3v) is 5.89. The normalized spacial score (nSPS) is 16.9. The minimum atomic E-state index is -0.220. The van der Waals surface area contributed by atoms with Crippen LogP contribution in [0.1, 0.15) is 45.1 Å². The first-order valence-corrected chi connectivity index (χ1v) is 11.8. The molecule has 2 aliphatic rings. The van der Waals surface area contributed by atoms with Gasteiger partial charge in [-0.2, -0.15) is 5.26 Å². The van der Waals surface area contributed by atoms with E-state index in [2.05, 4.69) is 45.5 Å². The lowest BCUT2D eigenvalue weighted by molar-refractivity contribution is -0.119. The second-order valence-corrected chi connectivity index (χ2v) is 8.01. The van der Waals surface area contributed by atoms with Crippen LogP contribution in [0.25, 0.3) is 22.0 Å². The van der Waals surface area contributed by atoms with Crippen LogP contribution in [-0.4, -0.2) is 36.6 Å². The van der Waals surface area contributed by atoms with E-state index in [-0.39, 0.29) is 11.9 Å². The van der Waals surface area contributed by atoms with Gasteiger partial charge in [-0.25, -0.2) is 0 Å². The number of carbonyl (C=O) groups excluding carboxylic acids is 1. The van der Waals surface area contributed by atoms with Crippen molar-refractivity contribution in [1.29, 1.82) is 5.26 Å². The highest BCUT2D eigenvalue weighted by molar-refractivity contribution is 5.84. The molecule has 2 aliphatic heterocycles. The quantitative estimate of drug-likeness (QED) is 0.616. The van der Waals surface area contributed by atoms with Crippen LogP contribution in [0.2, 0.25) is 0 Å². The van der Waals surface area contributed by atoms with Crippen LogP contribution in [0.4, 0.5) is 5.69 Å². The average Bonchev–Trinajstić information content (AvgIpc) is 3.60. The SMILES string of the molecule is CC.N#Cc1cc(-c2cnc3ccccc3c2)ccc1N1CCCC1.NC(=O)C1CCCN1. The number of aromatic nitrogens is 1. The molecular weight excluding hydrogens is 410 g/mol. The highest BCUT2D eigenvalue weighted by Gasteiger charge is 2.18. The number of primary amides is 1. The molecule has 2 fully saturated rings. The Morgan fingerprint density at radius 1 is 1.09 bits per heavy atom. The van der Waals surface area contributed by atoms with Gasteiger partial charge in [0, 0.05) is 30.2 Å². The van der Waals surface area contributed by atoms with E-state index < -0.39 is 0 Å². The van der Waals surface area contributed by atoms with Crippen molar-refractivity contribution in [2.75, 3.05) is 24.5 Å². The second kappa shape index (κ2) is 12.0. The van der Waals surface area contributed by atoms with Crippen molar-refractivity contribution < 1.29 is 4.79 Å². The summed E-state index contributed by atoms with van der Waals surface area (Å²) in [6.07, 6.45) is 6.29. The first-order valence-electron chi connectivity index (χ1n) is 11.8. The van der Waals surface area contributed by atoms with Crippen molar-refractivity contribution >= 4 is 22.5 Å². The van der Waals surface area contributed by atoms with Crippen molar-refractivity contribution in [2.24, 2.45) is 5.73 Å². The summed E-state index contributed by atoms with van der Waals surface area (Å²) >= 11 is 0. The fourth-order valence-corrected chi connectivity index (χ4v) is 4.20. The molecule has 1 unspecified atom stereocenters. The minimum absolute atomic E-state index is 0.0463. The molecule has 0 spiro atoms. The fraction of sp³-hybridized carbons (Fsp3) is 0.370. The maximum atomic E-state index is 10.4. The summed E-state index contributed by atoms with van der Waals surface area (Å²) < 4.78 is 0. The van der Waals surface area contributed by atoms with Crippen LogP contribution in [-0.2, 0) is 4.79 Å². The van der Waals surface area contributed by atoms with Gasteiger partial charge >= 0.3 is 0 Å². The summed E-state index contributed by atoms with van der Waals surface area (Å²) in [6.45, 7) is 7.03. The van der Waals surface area contributed by atoms with E-state index >= 15 is 0 Å². The number of pyridine rings is 1. The Hall–Kier alpha value is -3.43. The highest BCUT2D eigenvalue weighted by Crippen LogP contribution is 2.30. The zero-order valence-electron chi connectivity index (χ0n) is 19.6. The van der Waals surface area contributed by atoms with Gasteiger partial charge in [-0.05, 0) is 62.1 Å². The Labute approximate surface area is 196 Å². The lowest BCUT2D eigenvalue weighted by atomic mass is 10.0. The number of rotatable bonds is 3. The first-order chi connectivity index (χ1) is 16.2. The van der Waals surface area contributed by atoms with E-state index in [4.69, 9.17) is 5.73 Å². The molecule has 0 radical (unpaired) electrons. The third kappa shape index (κ3) is 6.09. The number of amides is 1. The highest BCUT2D eigenvalue weighted by atomic mass is 16.1. The van der Waals surface area contributed by atoms with Crippen LogP contribution in [0.5, 0.6) is 0 Å².